The zero-order valence-corrected chi connectivity index (χ0v) is 6.37. The van der Waals surface area contributed by atoms with Crippen LogP contribution in [0.4, 0.5) is 0 Å². The Kier molecular flexibility index (Phi) is 2.19. The van der Waals surface area contributed by atoms with Gasteiger partial charge in [-0.15, -0.1) is 0 Å². The van der Waals surface area contributed by atoms with E-state index in [2.05, 4.69) is 4.74 Å². The van der Waals surface area contributed by atoms with Crippen LogP contribution in [0.5, 0.6) is 0 Å². The van der Waals surface area contributed by atoms with Gasteiger partial charge in [-0.2, -0.15) is 0 Å². The summed E-state index contributed by atoms with van der Waals surface area (Å²) in [6.45, 7) is 1.16. The number of hydrogen-bond donors (Lipinski definition) is 0. The minimum Gasteiger partial charge on any atom is -0.422 e. The smallest absolute Gasteiger partial charge is 0.308 e. The monoisotopic (exact) mass is 166 g/mol. The molecule has 0 unspecified atom stereocenters. The molecule has 0 aromatic rings. The Balaban J connectivity index is 2.81. The van der Waals surface area contributed by atoms with E-state index in [-0.39, 0.29) is 11.5 Å². The number of hydrogen-bond acceptors (Lipinski definition) is 4. The second kappa shape index (κ2) is 3.13. The zero-order chi connectivity index (χ0) is 9.14. The first-order valence-electron chi connectivity index (χ1n) is 3.26. The maximum Gasteiger partial charge on any atom is 0.308 e. The Labute approximate surface area is 68.5 Å². The molecule has 0 bridgehead atoms. The number of carbonyl (C=O) groups excluding carboxylic acids is 3. The number of rotatable bonds is 1. The summed E-state index contributed by atoms with van der Waals surface area (Å²) in [5.74, 6) is -1.65. The first-order chi connectivity index (χ1) is 5.59. The van der Waals surface area contributed by atoms with Crippen LogP contribution < -0.4 is 0 Å². The van der Waals surface area contributed by atoms with Crippen molar-refractivity contribution in [2.75, 3.05) is 0 Å². The van der Waals surface area contributed by atoms with Gasteiger partial charge in [0.1, 0.15) is 0 Å². The third-order valence-corrected chi connectivity index (χ3v) is 1.17. The maximum absolute atomic E-state index is 10.9. The van der Waals surface area contributed by atoms with E-state index in [0.717, 1.165) is 25.2 Å². The second-order valence-corrected chi connectivity index (χ2v) is 2.20. The zero-order valence-electron chi connectivity index (χ0n) is 6.37. The largest absolute Gasteiger partial charge is 0.422 e. The minimum atomic E-state index is -0.613. The Hall–Kier alpha value is -1.71. The van der Waals surface area contributed by atoms with Gasteiger partial charge in [-0.25, -0.2) is 0 Å². The predicted molar refractivity (Wildman–Crippen MR) is 39.0 cm³/mol. The van der Waals surface area contributed by atoms with Gasteiger partial charge in [0.15, 0.2) is 11.5 Å². The molecular formula is C8H6O4. The molecule has 0 fully saturated rings. The fraction of sp³-hybridized carbons (Fsp3) is 0.125. The Morgan fingerprint density at radius 2 is 2.00 bits per heavy atom. The van der Waals surface area contributed by atoms with Gasteiger partial charge in [0.25, 0.3) is 0 Å². The standard InChI is InChI=1S/C8H6O4/c1-5(9)12-8-4-6(10)2-3-7(8)11/h2-4H,1H3. The number of esters is 1. The predicted octanol–water partition coefficient (Wildman–Crippen LogP) is 0.141. The quantitative estimate of drug-likeness (QED) is 0.410. The summed E-state index contributed by atoms with van der Waals surface area (Å²) in [6.07, 6.45) is 3.18. The van der Waals surface area contributed by atoms with Gasteiger partial charge in [0.05, 0.1) is 0 Å². The van der Waals surface area contributed by atoms with Crippen molar-refractivity contribution >= 4 is 17.5 Å². The fourth-order valence-corrected chi connectivity index (χ4v) is 0.723. The summed E-state index contributed by atoms with van der Waals surface area (Å²) in [5, 5.41) is 0. The molecular weight excluding hydrogens is 160 g/mol. The number of carbonyl (C=O) groups is 3. The molecule has 0 radical (unpaired) electrons. The minimum absolute atomic E-state index is 0.213. The van der Waals surface area contributed by atoms with Gasteiger partial charge in [-0.1, -0.05) is 0 Å². The van der Waals surface area contributed by atoms with Crippen molar-refractivity contribution in [3.8, 4) is 0 Å². The van der Waals surface area contributed by atoms with E-state index in [1.165, 1.54) is 0 Å². The second-order valence-electron chi connectivity index (χ2n) is 2.20. The van der Waals surface area contributed by atoms with Crippen LogP contribution in [0.25, 0.3) is 0 Å². The average molecular weight is 166 g/mol. The van der Waals surface area contributed by atoms with Gasteiger partial charge in [-0.3, -0.25) is 14.4 Å². The van der Waals surface area contributed by atoms with E-state index in [0.29, 0.717) is 0 Å². The Morgan fingerprint density at radius 1 is 1.33 bits per heavy atom. The van der Waals surface area contributed by atoms with E-state index in [1.54, 1.807) is 0 Å². The van der Waals surface area contributed by atoms with Crippen molar-refractivity contribution in [2.24, 2.45) is 0 Å². The van der Waals surface area contributed by atoms with Crippen LogP contribution >= 0.6 is 0 Å². The fourth-order valence-electron chi connectivity index (χ4n) is 0.723. The van der Waals surface area contributed by atoms with Crippen LogP contribution in [0.2, 0.25) is 0 Å². The Morgan fingerprint density at radius 3 is 2.58 bits per heavy atom. The molecule has 4 nitrogen and oxygen atoms in total. The molecule has 0 aromatic heterocycles. The summed E-state index contributed by atoms with van der Waals surface area (Å²) >= 11 is 0. The molecule has 0 heterocycles. The van der Waals surface area contributed by atoms with E-state index in [9.17, 15) is 14.4 Å². The van der Waals surface area contributed by atoms with E-state index in [4.69, 9.17) is 0 Å². The lowest BCUT2D eigenvalue weighted by Crippen LogP contribution is -2.12. The van der Waals surface area contributed by atoms with Crippen molar-refractivity contribution in [1.82, 2.24) is 0 Å². The topological polar surface area (TPSA) is 60.4 Å². The van der Waals surface area contributed by atoms with Crippen LogP contribution in [0.3, 0.4) is 0 Å². The SMILES string of the molecule is CC(=O)OC1=CC(=O)C=CC1=O. The molecule has 62 valence electrons. The third-order valence-electron chi connectivity index (χ3n) is 1.17. The lowest BCUT2D eigenvalue weighted by Gasteiger charge is -2.04. The van der Waals surface area contributed by atoms with Gasteiger partial charge in [0, 0.05) is 13.0 Å². The van der Waals surface area contributed by atoms with Crippen molar-refractivity contribution in [1.29, 1.82) is 0 Å². The first kappa shape index (κ1) is 8.39. The Bertz CT molecular complexity index is 309. The third kappa shape index (κ3) is 1.88. The molecule has 0 spiro atoms. The van der Waals surface area contributed by atoms with Crippen molar-refractivity contribution in [2.45, 2.75) is 6.92 Å². The molecule has 0 amide bonds. The van der Waals surface area contributed by atoms with Gasteiger partial charge in [0.2, 0.25) is 5.78 Å². The van der Waals surface area contributed by atoms with E-state index in [1.807, 2.05) is 0 Å². The normalized spacial score (nSPS) is 15.9. The van der Waals surface area contributed by atoms with Crippen LogP contribution in [0.1, 0.15) is 6.92 Å². The molecule has 1 aliphatic rings. The van der Waals surface area contributed by atoms with Crippen molar-refractivity contribution in [3.63, 3.8) is 0 Å². The highest BCUT2D eigenvalue weighted by Gasteiger charge is 2.15. The number of allylic oxidation sites excluding steroid dienone is 3. The number of ether oxygens (including phenoxy) is 1. The highest BCUT2D eigenvalue weighted by molar-refractivity contribution is 6.16. The lowest BCUT2D eigenvalue weighted by atomic mass is 10.1. The highest BCUT2D eigenvalue weighted by atomic mass is 16.5. The summed E-state index contributed by atoms with van der Waals surface area (Å²) in [7, 11) is 0. The lowest BCUT2D eigenvalue weighted by molar-refractivity contribution is -0.139. The van der Waals surface area contributed by atoms with Crippen LogP contribution in [-0.2, 0) is 19.1 Å². The maximum atomic E-state index is 10.9. The molecule has 1 rings (SSSR count). The summed E-state index contributed by atoms with van der Waals surface area (Å²) in [6, 6.07) is 0. The van der Waals surface area contributed by atoms with Crippen LogP contribution in [0.15, 0.2) is 24.0 Å². The molecule has 0 saturated heterocycles. The average Bonchev–Trinajstić information content (AvgIpc) is 1.96. The molecule has 0 saturated carbocycles. The molecule has 0 N–H and O–H groups in total. The molecule has 0 aromatic carbocycles. The van der Waals surface area contributed by atoms with Crippen LogP contribution in [-0.4, -0.2) is 17.5 Å². The van der Waals surface area contributed by atoms with Gasteiger partial charge >= 0.3 is 5.97 Å². The summed E-state index contributed by atoms with van der Waals surface area (Å²) in [5.41, 5.74) is 0. The van der Waals surface area contributed by atoms with Crippen molar-refractivity contribution < 1.29 is 19.1 Å². The van der Waals surface area contributed by atoms with Crippen molar-refractivity contribution in [3.05, 3.63) is 24.0 Å². The molecule has 0 atom stereocenters. The summed E-state index contributed by atoms with van der Waals surface area (Å²) in [4.78, 5) is 32.0. The molecule has 1 aliphatic carbocycles. The number of ketones is 2. The molecule has 4 heteroatoms. The van der Waals surface area contributed by atoms with Gasteiger partial charge in [-0.05, 0) is 12.2 Å². The highest BCUT2D eigenvalue weighted by Crippen LogP contribution is 2.06. The van der Waals surface area contributed by atoms with Crippen LogP contribution in [0, 0.1) is 0 Å². The molecule has 0 aliphatic heterocycles. The first-order valence-corrected chi connectivity index (χ1v) is 3.26. The van der Waals surface area contributed by atoms with E-state index >= 15 is 0 Å². The van der Waals surface area contributed by atoms with Gasteiger partial charge < -0.3 is 4.74 Å². The summed E-state index contributed by atoms with van der Waals surface area (Å²) < 4.78 is 4.47. The molecule has 12 heavy (non-hydrogen) atoms. The van der Waals surface area contributed by atoms with E-state index < -0.39 is 11.8 Å².